The molecule has 4 nitrogen and oxygen atoms in total. The molecule has 0 saturated heterocycles. The number of aromatic nitrogens is 2. The van der Waals surface area contributed by atoms with Crippen LogP contribution < -0.4 is 10.5 Å². The first-order valence-corrected chi connectivity index (χ1v) is 3.29. The zero-order chi connectivity index (χ0) is 9.14. The molecule has 0 unspecified atom stereocenters. The Hall–Kier alpha value is -1.33. The van der Waals surface area contributed by atoms with Crippen LogP contribution >= 0.6 is 0 Å². The maximum absolute atomic E-state index is 11.7. The monoisotopic (exact) mass is 177 g/mol. The topological polar surface area (TPSA) is 53.1 Å². The van der Waals surface area contributed by atoms with Gasteiger partial charge in [0.1, 0.15) is 5.69 Å². The molecular formula is C6H9F2N3O. The molecule has 6 heteroatoms. The number of nitrogen functional groups attached to an aromatic ring is 1. The summed E-state index contributed by atoms with van der Waals surface area (Å²) in [6.07, 6.45) is -1.02. The maximum Gasteiger partial charge on any atom is 0.272 e. The second-order valence-corrected chi connectivity index (χ2v) is 2.27. The zero-order valence-corrected chi connectivity index (χ0v) is 6.50. The fourth-order valence-corrected chi connectivity index (χ4v) is 0.741. The van der Waals surface area contributed by atoms with Gasteiger partial charge in [0, 0.05) is 7.05 Å². The number of alkyl halides is 2. The van der Waals surface area contributed by atoms with Crippen molar-refractivity contribution < 1.29 is 13.5 Å². The molecule has 0 spiro atoms. The van der Waals surface area contributed by atoms with E-state index in [0.29, 0.717) is 0 Å². The molecule has 12 heavy (non-hydrogen) atoms. The number of rotatable bonds is 3. The van der Waals surface area contributed by atoms with Gasteiger partial charge in [-0.15, -0.1) is 5.10 Å². The first-order valence-electron chi connectivity index (χ1n) is 3.29. The number of anilines is 1. The third-order valence-corrected chi connectivity index (χ3v) is 1.17. The Bertz CT molecular complexity index is 261. The van der Waals surface area contributed by atoms with Crippen molar-refractivity contribution in [2.45, 2.75) is 6.43 Å². The van der Waals surface area contributed by atoms with Crippen LogP contribution in [-0.2, 0) is 7.05 Å². The normalized spacial score (nSPS) is 10.7. The van der Waals surface area contributed by atoms with Gasteiger partial charge in [-0.25, -0.2) is 8.78 Å². The van der Waals surface area contributed by atoms with Crippen LogP contribution in [0.2, 0.25) is 0 Å². The molecule has 0 radical (unpaired) electrons. The molecule has 1 aromatic rings. The number of hydrogen-bond donors (Lipinski definition) is 1. The number of ether oxygens (including phenoxy) is 1. The number of aryl methyl sites for hydroxylation is 1. The third kappa shape index (κ3) is 2.08. The predicted octanol–water partition coefficient (Wildman–Crippen LogP) is 0.646. The van der Waals surface area contributed by atoms with Crippen LogP contribution in [0.4, 0.5) is 14.5 Å². The Morgan fingerprint density at radius 1 is 1.75 bits per heavy atom. The zero-order valence-electron chi connectivity index (χ0n) is 6.50. The summed E-state index contributed by atoms with van der Waals surface area (Å²) < 4.78 is 29.3. The van der Waals surface area contributed by atoms with E-state index in [9.17, 15) is 8.78 Å². The minimum Gasteiger partial charge on any atom is -0.469 e. The highest BCUT2D eigenvalue weighted by atomic mass is 19.3. The Kier molecular flexibility index (Phi) is 2.47. The number of halogens is 2. The molecule has 0 fully saturated rings. The van der Waals surface area contributed by atoms with Gasteiger partial charge in [-0.1, -0.05) is 0 Å². The van der Waals surface area contributed by atoms with Gasteiger partial charge in [0.15, 0.2) is 6.61 Å². The van der Waals surface area contributed by atoms with E-state index in [-0.39, 0.29) is 11.6 Å². The van der Waals surface area contributed by atoms with Crippen LogP contribution in [0.25, 0.3) is 0 Å². The van der Waals surface area contributed by atoms with E-state index < -0.39 is 13.0 Å². The van der Waals surface area contributed by atoms with E-state index in [2.05, 4.69) is 9.84 Å². The van der Waals surface area contributed by atoms with Crippen molar-refractivity contribution in [2.75, 3.05) is 12.3 Å². The minimum absolute atomic E-state index is 0.0535. The third-order valence-electron chi connectivity index (χ3n) is 1.17. The van der Waals surface area contributed by atoms with Gasteiger partial charge < -0.3 is 10.5 Å². The van der Waals surface area contributed by atoms with E-state index in [1.807, 2.05) is 0 Å². The van der Waals surface area contributed by atoms with Gasteiger partial charge in [-0.05, 0) is 0 Å². The Labute approximate surface area is 67.9 Å². The summed E-state index contributed by atoms with van der Waals surface area (Å²) in [6, 6.07) is 0. The van der Waals surface area contributed by atoms with E-state index >= 15 is 0 Å². The lowest BCUT2D eigenvalue weighted by Crippen LogP contribution is -2.08. The highest BCUT2D eigenvalue weighted by molar-refractivity contribution is 5.45. The SMILES string of the molecule is Cn1cc(N)c(OCC(F)F)n1. The molecule has 0 atom stereocenters. The van der Waals surface area contributed by atoms with Crippen LogP contribution in [0.15, 0.2) is 6.20 Å². The summed E-state index contributed by atoms with van der Waals surface area (Å²) >= 11 is 0. The van der Waals surface area contributed by atoms with Crippen LogP contribution in [0, 0.1) is 0 Å². The van der Waals surface area contributed by atoms with Crippen molar-refractivity contribution in [1.29, 1.82) is 0 Å². The highest BCUT2D eigenvalue weighted by Crippen LogP contribution is 2.17. The van der Waals surface area contributed by atoms with Gasteiger partial charge in [0.05, 0.1) is 6.20 Å². The lowest BCUT2D eigenvalue weighted by Gasteiger charge is -2.00. The second kappa shape index (κ2) is 3.38. The molecule has 0 aliphatic carbocycles. The summed E-state index contributed by atoms with van der Waals surface area (Å²) in [5.41, 5.74) is 5.64. The van der Waals surface area contributed by atoms with E-state index in [0.717, 1.165) is 0 Å². The quantitative estimate of drug-likeness (QED) is 0.737. The molecule has 0 aromatic carbocycles. The molecule has 1 heterocycles. The predicted molar refractivity (Wildman–Crippen MR) is 39.1 cm³/mol. The molecular weight excluding hydrogens is 168 g/mol. The van der Waals surface area contributed by atoms with E-state index in [4.69, 9.17) is 5.73 Å². The van der Waals surface area contributed by atoms with Crippen molar-refractivity contribution in [3.8, 4) is 5.88 Å². The minimum atomic E-state index is -2.51. The van der Waals surface area contributed by atoms with E-state index in [1.165, 1.54) is 10.9 Å². The average molecular weight is 177 g/mol. The highest BCUT2D eigenvalue weighted by Gasteiger charge is 2.08. The smallest absolute Gasteiger partial charge is 0.272 e. The molecule has 0 saturated carbocycles. The first kappa shape index (κ1) is 8.76. The van der Waals surface area contributed by atoms with Crippen molar-refractivity contribution in [2.24, 2.45) is 7.05 Å². The fourth-order valence-electron chi connectivity index (χ4n) is 0.741. The molecule has 0 amide bonds. The van der Waals surface area contributed by atoms with Crippen LogP contribution in [0.3, 0.4) is 0 Å². The van der Waals surface area contributed by atoms with Gasteiger partial charge in [-0.2, -0.15) is 0 Å². The van der Waals surface area contributed by atoms with Crippen LogP contribution in [0.1, 0.15) is 0 Å². The Balaban J connectivity index is 2.57. The second-order valence-electron chi connectivity index (χ2n) is 2.27. The summed E-state index contributed by atoms with van der Waals surface area (Å²) in [4.78, 5) is 0. The Morgan fingerprint density at radius 2 is 2.42 bits per heavy atom. The van der Waals surface area contributed by atoms with Crippen molar-refractivity contribution >= 4 is 5.69 Å². The average Bonchev–Trinajstić information content (AvgIpc) is 2.26. The van der Waals surface area contributed by atoms with E-state index in [1.54, 1.807) is 7.05 Å². The molecule has 0 aliphatic rings. The molecule has 0 bridgehead atoms. The van der Waals surface area contributed by atoms with Crippen LogP contribution in [0.5, 0.6) is 5.88 Å². The van der Waals surface area contributed by atoms with Gasteiger partial charge in [-0.3, -0.25) is 4.68 Å². The number of nitrogens with zero attached hydrogens (tertiary/aromatic N) is 2. The van der Waals surface area contributed by atoms with Crippen LogP contribution in [-0.4, -0.2) is 22.8 Å². The molecule has 0 aliphatic heterocycles. The Morgan fingerprint density at radius 3 is 2.83 bits per heavy atom. The number of hydrogen-bond acceptors (Lipinski definition) is 3. The van der Waals surface area contributed by atoms with Crippen molar-refractivity contribution in [3.05, 3.63) is 6.20 Å². The molecule has 68 valence electrons. The lowest BCUT2D eigenvalue weighted by atomic mass is 10.6. The summed E-state index contributed by atoms with van der Waals surface area (Å²) in [7, 11) is 1.63. The summed E-state index contributed by atoms with van der Waals surface area (Å²) in [5.74, 6) is 0.0535. The number of nitrogens with two attached hydrogens (primary N) is 1. The van der Waals surface area contributed by atoms with Gasteiger partial charge >= 0.3 is 0 Å². The van der Waals surface area contributed by atoms with Gasteiger partial charge in [0.2, 0.25) is 0 Å². The largest absolute Gasteiger partial charge is 0.469 e. The summed E-state index contributed by atoms with van der Waals surface area (Å²) in [5, 5.41) is 3.72. The first-order chi connectivity index (χ1) is 5.59. The molecule has 1 rings (SSSR count). The fraction of sp³-hybridized carbons (Fsp3) is 0.500. The lowest BCUT2D eigenvalue weighted by molar-refractivity contribution is 0.0796. The maximum atomic E-state index is 11.7. The van der Waals surface area contributed by atoms with Gasteiger partial charge in [0.25, 0.3) is 12.3 Å². The van der Waals surface area contributed by atoms with Crippen molar-refractivity contribution in [1.82, 2.24) is 9.78 Å². The summed E-state index contributed by atoms with van der Waals surface area (Å²) in [6.45, 7) is -0.679. The molecule has 2 N–H and O–H groups in total. The standard InChI is InChI=1S/C6H9F2N3O/c1-11-2-4(9)6(10-11)12-3-5(7)8/h2,5H,3,9H2,1H3. The molecule has 1 aromatic heterocycles. The van der Waals surface area contributed by atoms with Crippen molar-refractivity contribution in [3.63, 3.8) is 0 Å².